The number of alkyl carbamates (subject to hydrolysis) is 1. The fraction of sp³-hybridized carbons (Fsp3) is 0.348. The van der Waals surface area contributed by atoms with E-state index in [-0.39, 0.29) is 6.42 Å². The van der Waals surface area contributed by atoms with Crippen LogP contribution in [-0.4, -0.2) is 31.9 Å². The maximum absolute atomic E-state index is 12.6. The van der Waals surface area contributed by atoms with Crippen LogP contribution >= 0.6 is 0 Å². The van der Waals surface area contributed by atoms with Crippen molar-refractivity contribution in [2.75, 3.05) is 0 Å². The van der Waals surface area contributed by atoms with Gasteiger partial charge in [-0.25, -0.2) is 9.48 Å². The number of rotatable bonds is 6. The second-order valence-corrected chi connectivity index (χ2v) is 8.48. The number of carbonyl (C=O) groups excluding carboxylic acids is 1. The Kier molecular flexibility index (Phi) is 5.77. The van der Waals surface area contributed by atoms with Gasteiger partial charge in [0.05, 0.1) is 25.1 Å². The molecule has 164 valence electrons. The maximum Gasteiger partial charge on any atom is 0.408 e. The molecule has 0 radical (unpaired) electrons. The molecule has 1 unspecified atom stereocenters. The summed E-state index contributed by atoms with van der Waals surface area (Å²) in [6.07, 6.45) is 0.0690. The molecule has 4 rings (SSSR count). The minimum Gasteiger partial charge on any atom is -0.456 e. The first-order valence-electron chi connectivity index (χ1n) is 10.4. The maximum atomic E-state index is 12.6. The van der Waals surface area contributed by atoms with Crippen LogP contribution in [0.5, 0.6) is 0 Å². The van der Waals surface area contributed by atoms with Crippen LogP contribution in [0.2, 0.25) is 0 Å². The number of amides is 1. The number of nitriles is 1. The van der Waals surface area contributed by atoms with Crippen LogP contribution in [0.15, 0.2) is 46.9 Å². The first kappa shape index (κ1) is 21.3. The second kappa shape index (κ2) is 8.67. The summed E-state index contributed by atoms with van der Waals surface area (Å²) < 4.78 is 13.1. The lowest BCUT2D eigenvalue weighted by atomic mass is 10.0. The highest BCUT2D eigenvalue weighted by molar-refractivity contribution is 6.04. The van der Waals surface area contributed by atoms with Crippen LogP contribution < -0.4 is 5.32 Å². The van der Waals surface area contributed by atoms with Crippen molar-refractivity contribution in [2.45, 2.75) is 51.8 Å². The predicted octanol–water partition coefficient (Wildman–Crippen LogP) is 4.29. The highest BCUT2D eigenvalue weighted by atomic mass is 16.6. The van der Waals surface area contributed by atoms with Crippen molar-refractivity contribution < 1.29 is 13.9 Å². The Labute approximate surface area is 184 Å². The number of furan rings is 1. The topological polar surface area (TPSA) is 119 Å². The summed E-state index contributed by atoms with van der Waals surface area (Å²) in [4.78, 5) is 12.6. The minimum atomic E-state index is -0.633. The Bertz CT molecular complexity index is 1290. The number of hydrogen-bond acceptors (Lipinski definition) is 7. The lowest BCUT2D eigenvalue weighted by Gasteiger charge is -2.23. The Morgan fingerprint density at radius 2 is 2.00 bits per heavy atom. The largest absolute Gasteiger partial charge is 0.456 e. The molecule has 2 aromatic heterocycles. The van der Waals surface area contributed by atoms with Crippen molar-refractivity contribution in [1.29, 1.82) is 5.26 Å². The van der Waals surface area contributed by atoms with E-state index in [1.807, 2.05) is 63.2 Å². The molecule has 1 amide bonds. The molecule has 32 heavy (non-hydrogen) atoms. The molecule has 0 spiro atoms. The summed E-state index contributed by atoms with van der Waals surface area (Å²) in [5.74, 6) is 0.561. The number of nitrogens with one attached hydrogen (secondary N) is 1. The van der Waals surface area contributed by atoms with E-state index in [2.05, 4.69) is 26.9 Å². The molecule has 1 N–H and O–H groups in total. The van der Waals surface area contributed by atoms with Crippen molar-refractivity contribution >= 4 is 28.0 Å². The average molecular weight is 432 g/mol. The van der Waals surface area contributed by atoms with Gasteiger partial charge in [0.15, 0.2) is 5.82 Å². The van der Waals surface area contributed by atoms with Gasteiger partial charge in [-0.2, -0.15) is 5.26 Å². The Hall–Kier alpha value is -3.93. The molecule has 0 saturated carbocycles. The van der Waals surface area contributed by atoms with Gasteiger partial charge in [0.1, 0.15) is 16.8 Å². The number of tetrazole rings is 1. The van der Waals surface area contributed by atoms with Crippen LogP contribution in [0.4, 0.5) is 4.79 Å². The van der Waals surface area contributed by atoms with Crippen LogP contribution in [0.3, 0.4) is 0 Å². The second-order valence-electron chi connectivity index (χ2n) is 8.48. The van der Waals surface area contributed by atoms with Gasteiger partial charge in [-0.1, -0.05) is 30.3 Å². The zero-order valence-electron chi connectivity index (χ0n) is 18.2. The molecule has 1 atom stereocenters. The number of nitrogens with zero attached hydrogens (tertiary/aromatic N) is 5. The highest BCUT2D eigenvalue weighted by Gasteiger charge is 2.24. The number of benzene rings is 2. The van der Waals surface area contributed by atoms with Gasteiger partial charge in [-0.05, 0) is 48.9 Å². The van der Waals surface area contributed by atoms with E-state index >= 15 is 0 Å². The van der Waals surface area contributed by atoms with Crippen molar-refractivity contribution in [2.24, 2.45) is 0 Å². The standard InChI is InChI=1S/C23H24N6O3/c1-23(2,3)32-22(30)25-18(14-21-26-27-28-29(21)12-6-11-24)15-9-10-17-16-7-4-5-8-19(16)31-20(17)13-15/h4-5,7-10,13,18H,6,12,14H2,1-3H3,(H,25,30). The molecule has 2 heterocycles. The lowest BCUT2D eigenvalue weighted by Crippen LogP contribution is -2.36. The van der Waals surface area contributed by atoms with Crippen LogP contribution in [0.1, 0.15) is 44.6 Å². The molecular weight excluding hydrogens is 408 g/mol. The lowest BCUT2D eigenvalue weighted by molar-refractivity contribution is 0.0502. The molecule has 4 aromatic rings. The predicted molar refractivity (Wildman–Crippen MR) is 118 cm³/mol. The third-order valence-corrected chi connectivity index (χ3v) is 4.92. The van der Waals surface area contributed by atoms with Gasteiger partial charge < -0.3 is 14.5 Å². The highest BCUT2D eigenvalue weighted by Crippen LogP contribution is 2.31. The number of aryl methyl sites for hydroxylation is 1. The summed E-state index contributed by atoms with van der Waals surface area (Å²) in [7, 11) is 0. The molecular formula is C23H24N6O3. The van der Waals surface area contributed by atoms with E-state index in [9.17, 15) is 4.79 Å². The Morgan fingerprint density at radius 1 is 1.22 bits per heavy atom. The molecule has 2 aromatic carbocycles. The minimum absolute atomic E-state index is 0.285. The number of fused-ring (bicyclic) bond motifs is 3. The SMILES string of the molecule is CC(C)(C)OC(=O)NC(Cc1nnnn1CCC#N)c1ccc2c(c1)oc1ccccc12. The zero-order chi connectivity index (χ0) is 22.7. The van der Waals surface area contributed by atoms with E-state index < -0.39 is 17.7 Å². The third kappa shape index (κ3) is 4.70. The molecule has 0 bridgehead atoms. The first-order chi connectivity index (χ1) is 15.3. The summed E-state index contributed by atoms with van der Waals surface area (Å²) >= 11 is 0. The van der Waals surface area contributed by atoms with E-state index in [4.69, 9.17) is 14.4 Å². The summed E-state index contributed by atoms with van der Waals surface area (Å²) in [6, 6.07) is 15.3. The van der Waals surface area contributed by atoms with Crippen molar-refractivity contribution in [3.63, 3.8) is 0 Å². The number of ether oxygens (including phenoxy) is 1. The van der Waals surface area contributed by atoms with Crippen LogP contribution in [0.25, 0.3) is 21.9 Å². The number of hydrogen-bond donors (Lipinski definition) is 1. The number of carbonyl (C=O) groups is 1. The third-order valence-electron chi connectivity index (χ3n) is 4.92. The first-order valence-corrected chi connectivity index (χ1v) is 10.4. The Morgan fingerprint density at radius 3 is 2.78 bits per heavy atom. The van der Waals surface area contributed by atoms with Gasteiger partial charge in [0, 0.05) is 17.2 Å². The van der Waals surface area contributed by atoms with E-state index in [1.165, 1.54) is 0 Å². The van der Waals surface area contributed by atoms with Gasteiger partial charge in [-0.3, -0.25) is 0 Å². The van der Waals surface area contributed by atoms with E-state index in [0.717, 1.165) is 27.5 Å². The molecule has 9 heteroatoms. The normalized spacial score (nSPS) is 12.6. The fourth-order valence-electron chi connectivity index (χ4n) is 3.54. The average Bonchev–Trinajstić information content (AvgIpc) is 3.33. The quantitative estimate of drug-likeness (QED) is 0.482. The van der Waals surface area contributed by atoms with Gasteiger partial charge in [0.25, 0.3) is 0 Å². The van der Waals surface area contributed by atoms with Crippen LogP contribution in [0, 0.1) is 11.3 Å². The van der Waals surface area contributed by atoms with Crippen molar-refractivity contribution in [3.05, 3.63) is 53.9 Å². The zero-order valence-corrected chi connectivity index (χ0v) is 18.2. The summed E-state index contributed by atoms with van der Waals surface area (Å²) in [5.41, 5.74) is 1.73. The monoisotopic (exact) mass is 432 g/mol. The van der Waals surface area contributed by atoms with E-state index in [0.29, 0.717) is 18.8 Å². The van der Waals surface area contributed by atoms with E-state index in [1.54, 1.807) is 4.68 Å². The molecule has 0 fully saturated rings. The molecule has 0 aliphatic carbocycles. The Balaban J connectivity index is 1.68. The van der Waals surface area contributed by atoms with Gasteiger partial charge in [-0.15, -0.1) is 5.10 Å². The smallest absolute Gasteiger partial charge is 0.408 e. The van der Waals surface area contributed by atoms with Gasteiger partial charge in [0.2, 0.25) is 0 Å². The molecule has 0 saturated heterocycles. The number of aromatic nitrogens is 4. The number of para-hydroxylation sites is 1. The molecule has 0 aliphatic heterocycles. The van der Waals surface area contributed by atoms with Gasteiger partial charge >= 0.3 is 6.09 Å². The summed E-state index contributed by atoms with van der Waals surface area (Å²) in [5, 5.41) is 25.6. The van der Waals surface area contributed by atoms with Crippen LogP contribution in [-0.2, 0) is 17.7 Å². The molecule has 0 aliphatic rings. The van der Waals surface area contributed by atoms with Crippen molar-refractivity contribution in [3.8, 4) is 6.07 Å². The summed E-state index contributed by atoms with van der Waals surface area (Å²) in [6.45, 7) is 5.81. The fourth-order valence-corrected chi connectivity index (χ4v) is 3.54. The van der Waals surface area contributed by atoms with Crippen molar-refractivity contribution in [1.82, 2.24) is 25.5 Å². The molecule has 9 nitrogen and oxygen atoms in total.